The molecule has 0 saturated carbocycles. The van der Waals surface area contributed by atoms with E-state index in [1.165, 1.54) is 7.05 Å². The molecule has 15 heteroatoms. The van der Waals surface area contributed by atoms with Crippen molar-refractivity contribution in [3.8, 4) is 0 Å². The number of rotatable bonds is 18. The summed E-state index contributed by atoms with van der Waals surface area (Å²) < 4.78 is 25.4. The number of aryl methyl sites for hydroxylation is 1. The Hall–Kier alpha value is -3.97. The third-order valence-corrected chi connectivity index (χ3v) is 7.88. The first-order valence-corrected chi connectivity index (χ1v) is 17.7. The number of nitrogens with one attached hydrogen (secondary N) is 2. The molecule has 0 aliphatic carbocycles. The lowest BCUT2D eigenvalue weighted by Gasteiger charge is -2.31. The van der Waals surface area contributed by atoms with E-state index in [-0.39, 0.29) is 12.3 Å². The van der Waals surface area contributed by atoms with Crippen LogP contribution in [0.5, 0.6) is 0 Å². The zero-order chi connectivity index (χ0) is 36.9. The van der Waals surface area contributed by atoms with Gasteiger partial charge in [-0.05, 0) is 67.9 Å². The zero-order valence-corrected chi connectivity index (χ0v) is 30.5. The summed E-state index contributed by atoms with van der Waals surface area (Å²) in [6.45, 7) is 13.9. The number of urea groups is 1. The number of hydrogen-bond donors (Lipinski definition) is 4. The van der Waals surface area contributed by atoms with Crippen molar-refractivity contribution in [2.45, 2.75) is 73.3 Å². The number of likely N-dealkylation sites (N-methyl/N-ethyl adjacent to an activating group) is 1. The van der Waals surface area contributed by atoms with Crippen LogP contribution in [0.25, 0.3) is 0 Å². The molecule has 2 aromatic carbocycles. The van der Waals surface area contributed by atoms with Crippen LogP contribution in [-0.4, -0.2) is 78.1 Å². The SMILES string of the molecule is CC[C@@H](CC(=O)OCOC(=O)CN(C)C(=O)[C@H](C)OP(=O)(O)O)c1ccc(N(CC(C)C)CC(C)C)c(NC(=O)Nc2ccc(C)cc2)c1. The maximum Gasteiger partial charge on any atom is 0.470 e. The van der Waals surface area contributed by atoms with Crippen LogP contribution < -0.4 is 15.5 Å². The van der Waals surface area contributed by atoms with Gasteiger partial charge >= 0.3 is 25.8 Å². The lowest BCUT2D eigenvalue weighted by Crippen LogP contribution is -2.39. The quantitative estimate of drug-likeness (QED) is 0.0855. The molecule has 3 amide bonds. The van der Waals surface area contributed by atoms with Crippen molar-refractivity contribution >= 4 is 48.8 Å². The lowest BCUT2D eigenvalue weighted by atomic mass is 9.92. The molecule has 0 heterocycles. The van der Waals surface area contributed by atoms with Gasteiger partial charge in [0.15, 0.2) is 0 Å². The number of anilines is 3. The molecule has 2 aromatic rings. The normalized spacial score (nSPS) is 12.7. The highest BCUT2D eigenvalue weighted by Gasteiger charge is 2.28. The summed E-state index contributed by atoms with van der Waals surface area (Å²) in [5, 5.41) is 5.90. The molecule has 0 spiro atoms. The number of phosphoric acid groups is 1. The molecule has 2 atom stereocenters. The highest BCUT2D eigenvalue weighted by molar-refractivity contribution is 7.46. The second kappa shape index (κ2) is 19.3. The first-order chi connectivity index (χ1) is 22.9. The van der Waals surface area contributed by atoms with Crippen molar-refractivity contribution < 1.29 is 47.5 Å². The molecule has 0 aromatic heterocycles. The number of esters is 2. The fraction of sp³-hybridized carbons (Fsp3) is 0.529. The van der Waals surface area contributed by atoms with Crippen LogP contribution in [-0.2, 0) is 32.9 Å². The van der Waals surface area contributed by atoms with Gasteiger partial charge in [-0.15, -0.1) is 0 Å². The molecule has 0 bridgehead atoms. The molecule has 2 rings (SSSR count). The molecule has 49 heavy (non-hydrogen) atoms. The number of hydrogen-bond acceptors (Lipinski definition) is 9. The summed E-state index contributed by atoms with van der Waals surface area (Å²) >= 11 is 0. The Morgan fingerprint density at radius 1 is 0.878 bits per heavy atom. The van der Waals surface area contributed by atoms with Crippen molar-refractivity contribution in [3.63, 3.8) is 0 Å². The molecular formula is C34H51N4O10P. The van der Waals surface area contributed by atoms with Gasteiger partial charge in [-0.25, -0.2) is 9.36 Å². The summed E-state index contributed by atoms with van der Waals surface area (Å²) in [7, 11) is -3.67. The van der Waals surface area contributed by atoms with Gasteiger partial charge in [-0.1, -0.05) is 58.4 Å². The maximum atomic E-state index is 13.2. The molecule has 0 unspecified atom stereocenters. The Labute approximate surface area is 288 Å². The van der Waals surface area contributed by atoms with Crippen LogP contribution >= 0.6 is 7.82 Å². The Morgan fingerprint density at radius 3 is 2.02 bits per heavy atom. The fourth-order valence-electron chi connectivity index (χ4n) is 5.06. The van der Waals surface area contributed by atoms with Gasteiger partial charge in [0.2, 0.25) is 6.79 Å². The predicted molar refractivity (Wildman–Crippen MR) is 187 cm³/mol. The minimum atomic E-state index is -4.90. The fourth-order valence-corrected chi connectivity index (χ4v) is 5.56. The molecule has 0 fully saturated rings. The number of amides is 3. The molecular weight excluding hydrogens is 655 g/mol. The van der Waals surface area contributed by atoms with Gasteiger partial charge in [-0.2, -0.15) is 0 Å². The van der Waals surface area contributed by atoms with Gasteiger partial charge < -0.3 is 39.7 Å². The van der Waals surface area contributed by atoms with Crippen molar-refractivity contribution in [1.82, 2.24) is 4.90 Å². The van der Waals surface area contributed by atoms with Gasteiger partial charge in [0.1, 0.15) is 12.6 Å². The van der Waals surface area contributed by atoms with E-state index >= 15 is 0 Å². The summed E-state index contributed by atoms with van der Waals surface area (Å²) in [5.74, 6) is -1.92. The Bertz CT molecular complexity index is 1450. The standard InChI is InChI=1S/C34H51N4O10P/c1-9-26(17-31(39)46-21-47-32(40)20-37(8)33(41)25(7)48-49(43,44)45)27-12-15-30(38(18-22(2)3)19-23(4)5)29(16-27)36-34(42)35-28-13-10-24(6)11-14-28/h10-16,22-23,25-26H,9,17-21H2,1-8H3,(H2,35,36,42)(H2,43,44,45)/t25-,26-/m0/s1. The van der Waals surface area contributed by atoms with Gasteiger partial charge in [0.05, 0.1) is 17.8 Å². The van der Waals surface area contributed by atoms with Crippen molar-refractivity contribution in [1.29, 1.82) is 0 Å². The smallest absolute Gasteiger partial charge is 0.428 e. The average Bonchev–Trinajstić information content (AvgIpc) is 2.98. The van der Waals surface area contributed by atoms with Crippen LogP contribution in [0.2, 0.25) is 0 Å². The van der Waals surface area contributed by atoms with Crippen molar-refractivity contribution in [2.24, 2.45) is 11.8 Å². The van der Waals surface area contributed by atoms with Crippen LogP contribution in [0, 0.1) is 18.8 Å². The first-order valence-electron chi connectivity index (χ1n) is 16.2. The average molecular weight is 707 g/mol. The van der Waals surface area contributed by atoms with E-state index in [9.17, 15) is 23.7 Å². The number of ether oxygens (including phenoxy) is 2. The Morgan fingerprint density at radius 2 is 1.47 bits per heavy atom. The van der Waals surface area contributed by atoms with Gasteiger partial charge in [-0.3, -0.25) is 18.9 Å². The number of carbonyl (C=O) groups excluding carboxylic acids is 4. The predicted octanol–water partition coefficient (Wildman–Crippen LogP) is 5.64. The van der Waals surface area contributed by atoms with Crippen LogP contribution in [0.3, 0.4) is 0 Å². The van der Waals surface area contributed by atoms with E-state index in [1.54, 1.807) is 0 Å². The van der Waals surface area contributed by atoms with E-state index in [0.717, 1.165) is 41.7 Å². The van der Waals surface area contributed by atoms with E-state index in [4.69, 9.17) is 19.3 Å². The van der Waals surface area contributed by atoms with E-state index < -0.39 is 51.1 Å². The third kappa shape index (κ3) is 15.0. The minimum Gasteiger partial charge on any atom is -0.428 e. The second-order valence-electron chi connectivity index (χ2n) is 12.8. The summed E-state index contributed by atoms with van der Waals surface area (Å²) in [6, 6.07) is 12.9. The van der Waals surface area contributed by atoms with E-state index in [1.807, 2.05) is 56.3 Å². The monoisotopic (exact) mass is 706 g/mol. The highest BCUT2D eigenvalue weighted by Crippen LogP contribution is 2.38. The Balaban J connectivity index is 2.14. The van der Waals surface area contributed by atoms with Crippen molar-refractivity contribution in [2.75, 3.05) is 49.0 Å². The maximum absolute atomic E-state index is 13.2. The number of nitrogens with zero attached hydrogens (tertiary/aromatic N) is 2. The molecule has 0 aliphatic rings. The molecule has 0 radical (unpaired) electrons. The lowest BCUT2D eigenvalue weighted by molar-refractivity contribution is -0.169. The third-order valence-electron chi connectivity index (χ3n) is 7.29. The van der Waals surface area contributed by atoms with Crippen LogP contribution in [0.1, 0.15) is 71.4 Å². The first kappa shape index (κ1) is 41.2. The topological polar surface area (TPSA) is 184 Å². The number of benzene rings is 2. The molecule has 272 valence electrons. The van der Waals surface area contributed by atoms with Crippen LogP contribution in [0.15, 0.2) is 42.5 Å². The molecule has 0 saturated heterocycles. The van der Waals surface area contributed by atoms with Gasteiger partial charge in [0, 0.05) is 25.8 Å². The summed E-state index contributed by atoms with van der Waals surface area (Å²) in [4.78, 5) is 71.2. The summed E-state index contributed by atoms with van der Waals surface area (Å²) in [6.07, 6.45) is -0.949. The van der Waals surface area contributed by atoms with E-state index in [2.05, 4.69) is 47.8 Å². The van der Waals surface area contributed by atoms with Crippen molar-refractivity contribution in [3.05, 3.63) is 53.6 Å². The minimum absolute atomic E-state index is 0.0281. The zero-order valence-electron chi connectivity index (χ0n) is 29.6. The molecule has 14 nitrogen and oxygen atoms in total. The molecule has 0 aliphatic heterocycles. The van der Waals surface area contributed by atoms with Gasteiger partial charge in [0.25, 0.3) is 5.91 Å². The largest absolute Gasteiger partial charge is 0.470 e. The highest BCUT2D eigenvalue weighted by atomic mass is 31.2. The summed E-state index contributed by atoms with van der Waals surface area (Å²) in [5.41, 5.74) is 4.00. The number of phosphoric ester groups is 1. The molecule has 4 N–H and O–H groups in total. The Kier molecular flexibility index (Phi) is 16.2. The number of carbonyl (C=O) groups is 4. The van der Waals surface area contributed by atoms with Crippen LogP contribution in [0.4, 0.5) is 21.9 Å². The van der Waals surface area contributed by atoms with E-state index in [0.29, 0.717) is 29.6 Å². The second-order valence-corrected chi connectivity index (χ2v) is 14.0.